The average Bonchev–Trinajstić information content (AvgIpc) is 2.87. The Kier molecular flexibility index (Phi) is 9.68. The Morgan fingerprint density at radius 2 is 1.95 bits per heavy atom. The number of carboxylic acids is 1. The van der Waals surface area contributed by atoms with Crippen LogP contribution in [-0.4, -0.2) is 47.7 Å². The molecule has 0 spiro atoms. The number of halogens is 2. The van der Waals surface area contributed by atoms with Crippen molar-refractivity contribution in [1.82, 2.24) is 9.88 Å². The lowest BCUT2D eigenvalue weighted by Crippen LogP contribution is -2.41. The maximum atomic E-state index is 11.3. The van der Waals surface area contributed by atoms with Crippen LogP contribution in [0.1, 0.15) is 43.2 Å². The topological polar surface area (TPSA) is 62.7 Å². The first kappa shape index (κ1) is 27.3. The van der Waals surface area contributed by atoms with Crippen LogP contribution in [0.2, 0.25) is 10.0 Å². The van der Waals surface area contributed by atoms with Gasteiger partial charge in [0.2, 0.25) is 0 Å². The quantitative estimate of drug-likeness (QED) is 0.306. The van der Waals surface area contributed by atoms with E-state index in [0.29, 0.717) is 34.8 Å². The van der Waals surface area contributed by atoms with E-state index >= 15 is 0 Å². The van der Waals surface area contributed by atoms with Gasteiger partial charge in [0.25, 0.3) is 0 Å². The summed E-state index contributed by atoms with van der Waals surface area (Å²) in [6.07, 6.45) is 6.93. The molecule has 37 heavy (non-hydrogen) atoms. The molecule has 7 heteroatoms. The van der Waals surface area contributed by atoms with Crippen LogP contribution in [0.3, 0.4) is 0 Å². The summed E-state index contributed by atoms with van der Waals surface area (Å²) >= 11 is 12.2. The van der Waals surface area contributed by atoms with Crippen LogP contribution in [0, 0.1) is 23.7 Å². The van der Waals surface area contributed by atoms with Gasteiger partial charge in [0, 0.05) is 40.2 Å². The number of hydrogen-bond acceptors (Lipinski definition) is 4. The van der Waals surface area contributed by atoms with Gasteiger partial charge in [-0.25, -0.2) is 0 Å². The van der Waals surface area contributed by atoms with Crippen molar-refractivity contribution in [2.45, 2.75) is 38.5 Å². The fourth-order valence-electron chi connectivity index (χ4n) is 5.28. The number of fused-ring (bicyclic) bond motifs is 1. The number of hydrogen-bond donors (Lipinski definition) is 1. The molecule has 1 aliphatic heterocycles. The first-order valence-corrected chi connectivity index (χ1v) is 13.5. The van der Waals surface area contributed by atoms with Crippen molar-refractivity contribution < 1.29 is 14.6 Å². The molecule has 2 unspecified atom stereocenters. The minimum atomic E-state index is -0.731. The average molecular weight is 540 g/mol. The molecule has 1 aliphatic rings. The lowest BCUT2D eigenvalue weighted by atomic mass is 9.79. The van der Waals surface area contributed by atoms with Gasteiger partial charge in [-0.2, -0.15) is 0 Å². The van der Waals surface area contributed by atoms with Crippen LogP contribution in [0.5, 0.6) is 5.75 Å². The highest BCUT2D eigenvalue weighted by Gasteiger charge is 2.29. The number of ether oxygens (including phenoxy) is 1. The summed E-state index contributed by atoms with van der Waals surface area (Å²) in [7, 11) is 1.68. The first-order valence-electron chi connectivity index (χ1n) is 12.7. The molecule has 1 aromatic heterocycles. The zero-order chi connectivity index (χ0) is 26.2. The predicted molar refractivity (Wildman–Crippen MR) is 149 cm³/mol. The van der Waals surface area contributed by atoms with Gasteiger partial charge < -0.3 is 9.84 Å². The second kappa shape index (κ2) is 13.1. The van der Waals surface area contributed by atoms with Gasteiger partial charge >= 0.3 is 5.97 Å². The Labute approximate surface area is 228 Å². The Bertz CT molecular complexity index is 1280. The van der Waals surface area contributed by atoms with E-state index in [1.54, 1.807) is 13.2 Å². The summed E-state index contributed by atoms with van der Waals surface area (Å²) in [5.41, 5.74) is 3.06. The molecular formula is C30H32Cl2N2O3. The van der Waals surface area contributed by atoms with Crippen molar-refractivity contribution in [1.29, 1.82) is 0 Å². The highest BCUT2D eigenvalue weighted by Crippen LogP contribution is 2.32. The molecule has 0 bridgehead atoms. The van der Waals surface area contributed by atoms with Crippen LogP contribution in [0.4, 0.5) is 0 Å². The Morgan fingerprint density at radius 3 is 2.70 bits per heavy atom. The number of aromatic nitrogens is 1. The number of rotatable bonds is 9. The minimum absolute atomic E-state index is 0.205. The summed E-state index contributed by atoms with van der Waals surface area (Å²) in [6, 6.07) is 13.4. The minimum Gasteiger partial charge on any atom is -0.497 e. The smallest absolute Gasteiger partial charge is 0.303 e. The Balaban J connectivity index is 1.36. The first-order chi connectivity index (χ1) is 17.9. The van der Waals surface area contributed by atoms with E-state index in [2.05, 4.69) is 33.9 Å². The highest BCUT2D eigenvalue weighted by atomic mass is 35.5. The molecule has 1 N–H and O–H groups in total. The monoisotopic (exact) mass is 538 g/mol. The van der Waals surface area contributed by atoms with Crippen molar-refractivity contribution in [2.75, 3.05) is 26.7 Å². The third kappa shape index (κ3) is 7.85. The van der Waals surface area contributed by atoms with E-state index in [1.807, 2.05) is 30.5 Å². The van der Waals surface area contributed by atoms with Crippen LogP contribution < -0.4 is 4.74 Å². The molecule has 2 heterocycles. The number of likely N-dealkylation sites (tertiary alicyclic amines) is 1. The number of carboxylic acid groups (broad SMARTS) is 1. The zero-order valence-corrected chi connectivity index (χ0v) is 22.6. The summed E-state index contributed by atoms with van der Waals surface area (Å²) in [6.45, 7) is 2.48. The second-order valence-corrected chi connectivity index (χ2v) is 10.6. The van der Waals surface area contributed by atoms with Gasteiger partial charge in [-0.05, 0) is 98.5 Å². The number of aryl methyl sites for hydroxylation is 1. The van der Waals surface area contributed by atoms with Gasteiger partial charge in [-0.15, -0.1) is 0 Å². The normalized spacial score (nSPS) is 17.8. The van der Waals surface area contributed by atoms with Crippen LogP contribution in [0.15, 0.2) is 48.7 Å². The third-order valence-electron chi connectivity index (χ3n) is 7.16. The van der Waals surface area contributed by atoms with Crippen molar-refractivity contribution in [3.05, 3.63) is 69.8 Å². The molecule has 0 amide bonds. The molecule has 1 saturated heterocycles. The number of methoxy groups -OCH3 is 1. The number of aliphatic carboxylic acids is 1. The molecule has 2 atom stereocenters. The second-order valence-electron chi connectivity index (χ2n) is 9.68. The van der Waals surface area contributed by atoms with E-state index in [1.165, 1.54) is 5.56 Å². The fraction of sp³-hybridized carbons (Fsp3) is 0.400. The zero-order valence-electron chi connectivity index (χ0n) is 21.1. The molecular weight excluding hydrogens is 507 g/mol. The fourth-order valence-corrected chi connectivity index (χ4v) is 5.80. The van der Waals surface area contributed by atoms with Crippen LogP contribution in [0.25, 0.3) is 10.9 Å². The van der Waals surface area contributed by atoms with Crippen LogP contribution in [-0.2, 0) is 11.2 Å². The molecule has 0 aliphatic carbocycles. The third-order valence-corrected chi connectivity index (χ3v) is 7.60. The maximum Gasteiger partial charge on any atom is 0.303 e. The Morgan fingerprint density at radius 1 is 1.14 bits per heavy atom. The van der Waals surface area contributed by atoms with Gasteiger partial charge in [0.15, 0.2) is 0 Å². The molecule has 1 fully saturated rings. The summed E-state index contributed by atoms with van der Waals surface area (Å²) in [5.74, 6) is 7.37. The van der Waals surface area contributed by atoms with E-state index < -0.39 is 5.97 Å². The lowest BCUT2D eigenvalue weighted by molar-refractivity contribution is -0.137. The molecule has 4 rings (SSSR count). The van der Waals surface area contributed by atoms with Gasteiger partial charge in [0.1, 0.15) is 5.75 Å². The predicted octanol–water partition coefficient (Wildman–Crippen LogP) is 6.73. The van der Waals surface area contributed by atoms with E-state index in [4.69, 9.17) is 27.9 Å². The molecule has 194 valence electrons. The summed E-state index contributed by atoms with van der Waals surface area (Å²) in [4.78, 5) is 18.1. The summed E-state index contributed by atoms with van der Waals surface area (Å²) in [5, 5.41) is 11.6. The molecule has 5 nitrogen and oxygen atoms in total. The maximum absolute atomic E-state index is 11.3. The molecule has 0 saturated carbocycles. The SMILES string of the molecule is COc1ccc2nccc(CCCC3CCN(CC#Cc4cc(Cl)cc(Cl)c4)CC3CCC(=O)O)c2c1. The van der Waals surface area contributed by atoms with Gasteiger partial charge in [-0.1, -0.05) is 35.0 Å². The molecule has 3 aromatic rings. The number of carbonyl (C=O) groups is 1. The number of benzene rings is 2. The number of pyridine rings is 1. The van der Waals surface area contributed by atoms with Gasteiger partial charge in [0.05, 0.1) is 19.2 Å². The van der Waals surface area contributed by atoms with E-state index in [9.17, 15) is 9.90 Å². The standard InChI is InChI=1S/C30H32Cl2N2O3/c1-37-27-8-9-29-28(19-27)23(11-13-33-29)6-2-5-22-12-15-34(20-24(22)7-10-30(35)36)14-3-4-21-16-25(31)18-26(32)17-21/h8-9,11,13,16-19,22,24H,2,5-7,10,12,14-15,20H2,1H3,(H,35,36). The molecule has 2 aromatic carbocycles. The van der Waals surface area contributed by atoms with Crippen molar-refractivity contribution in [2.24, 2.45) is 11.8 Å². The summed E-state index contributed by atoms with van der Waals surface area (Å²) < 4.78 is 5.41. The van der Waals surface area contributed by atoms with E-state index in [-0.39, 0.29) is 6.42 Å². The van der Waals surface area contributed by atoms with Crippen LogP contribution >= 0.6 is 23.2 Å². The van der Waals surface area contributed by atoms with Crippen molar-refractivity contribution in [3.63, 3.8) is 0 Å². The Hall–Kier alpha value is -2.78. The highest BCUT2D eigenvalue weighted by molar-refractivity contribution is 6.34. The largest absolute Gasteiger partial charge is 0.497 e. The number of nitrogens with zero attached hydrogens (tertiary/aromatic N) is 2. The lowest BCUT2D eigenvalue weighted by Gasteiger charge is -2.38. The van der Waals surface area contributed by atoms with Crippen molar-refractivity contribution >= 4 is 40.1 Å². The number of piperidine rings is 1. The van der Waals surface area contributed by atoms with E-state index in [0.717, 1.165) is 61.0 Å². The van der Waals surface area contributed by atoms with Crippen molar-refractivity contribution in [3.8, 4) is 17.6 Å². The van der Waals surface area contributed by atoms with Gasteiger partial charge in [-0.3, -0.25) is 14.7 Å². The molecule has 0 radical (unpaired) electrons.